The van der Waals surface area contributed by atoms with Crippen LogP contribution in [0.4, 0.5) is 48.3 Å². The highest BCUT2D eigenvalue weighted by Crippen LogP contribution is 2.22. The van der Waals surface area contributed by atoms with Crippen molar-refractivity contribution >= 4 is 0 Å². The highest BCUT2D eigenvalue weighted by Gasteiger charge is 2.40. The van der Waals surface area contributed by atoms with Gasteiger partial charge in [0.15, 0.2) is 0 Å². The molecule has 0 unspecified atom stereocenters. The smallest absolute Gasteiger partial charge is 0.200 e. The summed E-state index contributed by atoms with van der Waals surface area (Å²) >= 11 is 0. The van der Waals surface area contributed by atoms with Crippen LogP contribution in [0.1, 0.15) is 0 Å². The lowest BCUT2D eigenvalue weighted by molar-refractivity contribution is -0.219. The summed E-state index contributed by atoms with van der Waals surface area (Å²) in [6.07, 6.45) is -17.2. The van der Waals surface area contributed by atoms with Crippen molar-refractivity contribution in [2.24, 2.45) is 0 Å². The van der Waals surface area contributed by atoms with E-state index in [1.165, 1.54) is 0 Å². The summed E-state index contributed by atoms with van der Waals surface area (Å²) in [6.45, 7) is 2.22. The fraction of sp³-hybridized carbons (Fsp3) is 0.333. The second-order valence-electron chi connectivity index (χ2n) is 1.70. The first-order valence-electron chi connectivity index (χ1n) is 3.03. The van der Waals surface area contributed by atoms with Gasteiger partial charge in [-0.05, 0) is 6.58 Å². The molecule has 0 atom stereocenters. The molecule has 0 aliphatic carbocycles. The second kappa shape index (κ2) is 9.90. The van der Waals surface area contributed by atoms with Crippen LogP contribution >= 0.6 is 0 Å². The zero-order chi connectivity index (χ0) is 14.8. The van der Waals surface area contributed by atoms with Crippen LogP contribution in [0.2, 0.25) is 0 Å². The van der Waals surface area contributed by atoms with Crippen LogP contribution in [-0.2, 0) is 0 Å². The number of alkyl halides is 5. The quantitative estimate of drug-likeness (QED) is 0.536. The lowest BCUT2D eigenvalue weighted by atomic mass is 10.7. The molecule has 0 aromatic rings. The van der Waals surface area contributed by atoms with E-state index in [2.05, 4.69) is 6.58 Å². The molecule has 0 rings (SSSR count). The van der Waals surface area contributed by atoms with E-state index in [-0.39, 0.29) is 0 Å². The van der Waals surface area contributed by atoms with Gasteiger partial charge < -0.3 is 0 Å². The van der Waals surface area contributed by atoms with E-state index in [4.69, 9.17) is 0 Å². The van der Waals surface area contributed by atoms with Gasteiger partial charge in [-0.3, -0.25) is 0 Å². The predicted molar refractivity (Wildman–Crippen MR) is 34.9 cm³/mol. The monoisotopic (exact) mass is 284 g/mol. The van der Waals surface area contributed by atoms with Gasteiger partial charge in [0.2, 0.25) is 0 Å². The van der Waals surface area contributed by atoms with Gasteiger partial charge >= 0.3 is 24.8 Å². The topological polar surface area (TPSA) is 0 Å². The molecule has 0 saturated carbocycles. The highest BCUT2D eigenvalue weighted by atomic mass is 19.4. The van der Waals surface area contributed by atoms with E-state index in [1.807, 2.05) is 0 Å². The first-order valence-corrected chi connectivity index (χ1v) is 3.03. The minimum atomic E-state index is -5.33. The first-order chi connectivity index (χ1) is 7.32. The number of halogens is 11. The van der Waals surface area contributed by atoms with Gasteiger partial charge in [-0.15, -0.1) is 0 Å². The van der Waals surface area contributed by atoms with Crippen LogP contribution in [0.5, 0.6) is 0 Å². The molecule has 0 nitrogen and oxygen atoms in total. The maximum atomic E-state index is 10.4. The molecule has 0 aliphatic rings. The summed E-state index contributed by atoms with van der Waals surface area (Å²) in [5.74, 6) is 0. The molecular weight excluding hydrogens is 281 g/mol. The maximum Gasteiger partial charge on any atom is 0.450 e. The number of rotatable bonds is 0. The van der Waals surface area contributed by atoms with Gasteiger partial charge in [0.1, 0.15) is 0 Å². The van der Waals surface area contributed by atoms with Crippen LogP contribution in [-0.4, -0.2) is 12.6 Å². The summed E-state index contributed by atoms with van der Waals surface area (Å²) in [5.41, 5.74) is 0. The number of hydrogen-bond acceptors (Lipinski definition) is 0. The van der Waals surface area contributed by atoms with Gasteiger partial charge in [0, 0.05) is 0 Å². The lowest BCUT2D eigenvalue weighted by Crippen LogP contribution is -2.18. The number of hydrogen-bond donors (Lipinski definition) is 0. The van der Waals surface area contributed by atoms with Gasteiger partial charge in [0.25, 0.3) is 6.08 Å². The predicted octanol–water partition coefficient (Wildman–Crippen LogP) is 5.20. The largest absolute Gasteiger partial charge is 0.450 e. The molecule has 0 saturated heterocycles. The normalized spacial score (nSPS) is 9.65. The Bertz CT molecular complexity index is 215. The molecule has 0 aromatic carbocycles. The third kappa shape index (κ3) is 31.3. The Balaban J connectivity index is -0.000000180. The average Bonchev–Trinajstić information content (AvgIpc) is 2.01. The van der Waals surface area contributed by atoms with Crippen molar-refractivity contribution in [1.82, 2.24) is 0 Å². The molecule has 0 radical (unpaired) electrons. The van der Waals surface area contributed by atoms with E-state index in [1.54, 1.807) is 0 Å². The summed E-state index contributed by atoms with van der Waals surface area (Å²) in [7, 11) is 0. The molecule has 11 heteroatoms. The molecule has 0 fully saturated rings. The maximum absolute atomic E-state index is 10.4. The minimum absolute atomic E-state index is 1.83. The standard InChI is InChI=1S/C2HF5.C2F4.C2H2F2/c3-1(4)2(5,6)7;3-1(4)2(5)6;1-2(3)4/h1H;;1H2. The van der Waals surface area contributed by atoms with Gasteiger partial charge in [0.05, 0.1) is 0 Å². The zero-order valence-electron chi connectivity index (χ0n) is 7.44. The minimum Gasteiger partial charge on any atom is -0.200 e. The molecule has 0 aliphatic heterocycles. The van der Waals surface area contributed by atoms with Gasteiger partial charge in [-0.1, -0.05) is 0 Å². The van der Waals surface area contributed by atoms with E-state index in [0.29, 0.717) is 0 Å². The van der Waals surface area contributed by atoms with Gasteiger partial charge in [-0.2, -0.15) is 39.5 Å². The average molecular weight is 284 g/mol. The molecule has 0 heterocycles. The molecule has 17 heavy (non-hydrogen) atoms. The van der Waals surface area contributed by atoms with Crippen molar-refractivity contribution in [3.8, 4) is 0 Å². The first kappa shape index (κ1) is 21.0. The molecular formula is C6H3F11. The van der Waals surface area contributed by atoms with Gasteiger partial charge in [-0.25, -0.2) is 8.78 Å². The van der Waals surface area contributed by atoms with Crippen LogP contribution in [0.15, 0.2) is 24.8 Å². The van der Waals surface area contributed by atoms with Crippen molar-refractivity contribution in [2.45, 2.75) is 12.6 Å². The van der Waals surface area contributed by atoms with Crippen molar-refractivity contribution in [3.05, 3.63) is 24.8 Å². The third-order valence-corrected chi connectivity index (χ3v) is 0.390. The zero-order valence-corrected chi connectivity index (χ0v) is 7.44. The van der Waals surface area contributed by atoms with Crippen LogP contribution < -0.4 is 0 Å². The Morgan fingerprint density at radius 1 is 0.765 bits per heavy atom. The highest BCUT2D eigenvalue weighted by molar-refractivity contribution is 4.77. The van der Waals surface area contributed by atoms with Crippen LogP contribution in [0.25, 0.3) is 0 Å². The Kier molecular flexibility index (Phi) is 12.3. The molecule has 104 valence electrons. The fourth-order valence-corrected chi connectivity index (χ4v) is 0. The molecule has 0 bridgehead atoms. The summed E-state index contributed by atoms with van der Waals surface area (Å²) in [5, 5.41) is 0. The SMILES string of the molecule is C=C(F)F.FC(F)=C(F)F.FC(F)C(F)(F)F. The fourth-order valence-electron chi connectivity index (χ4n) is 0. The Labute approximate surface area is 87.0 Å². The summed E-state index contributed by atoms with van der Waals surface area (Å²) in [4.78, 5) is 0. The van der Waals surface area contributed by atoms with E-state index in [0.717, 1.165) is 0 Å². The van der Waals surface area contributed by atoms with E-state index in [9.17, 15) is 48.3 Å². The second-order valence-corrected chi connectivity index (χ2v) is 1.70. The van der Waals surface area contributed by atoms with Crippen LogP contribution in [0, 0.1) is 0 Å². The van der Waals surface area contributed by atoms with Crippen molar-refractivity contribution in [1.29, 1.82) is 0 Å². The van der Waals surface area contributed by atoms with E-state index >= 15 is 0 Å². The van der Waals surface area contributed by atoms with Crippen molar-refractivity contribution < 1.29 is 48.3 Å². The van der Waals surface area contributed by atoms with E-state index < -0.39 is 30.8 Å². The summed E-state index contributed by atoms with van der Waals surface area (Å²) < 4.78 is 114. The Hall–Kier alpha value is -1.29. The third-order valence-electron chi connectivity index (χ3n) is 0.390. The lowest BCUT2D eigenvalue weighted by Gasteiger charge is -2.00. The van der Waals surface area contributed by atoms with Crippen LogP contribution in [0.3, 0.4) is 0 Å². The van der Waals surface area contributed by atoms with Crippen molar-refractivity contribution in [3.63, 3.8) is 0 Å². The molecule has 0 aromatic heterocycles. The summed E-state index contributed by atoms with van der Waals surface area (Å²) in [6, 6.07) is 0. The van der Waals surface area contributed by atoms with Crippen molar-refractivity contribution in [2.75, 3.05) is 0 Å². The Morgan fingerprint density at radius 3 is 0.882 bits per heavy atom. The molecule has 0 N–H and O–H groups in total. The molecule has 0 amide bonds. The molecule has 0 spiro atoms. The Morgan fingerprint density at radius 2 is 0.882 bits per heavy atom.